The molecule has 0 unspecified atom stereocenters. The molecule has 11 heteroatoms. The number of carbonyl (C=O) groups excluding carboxylic acids is 2. The van der Waals surface area contributed by atoms with E-state index >= 15 is 0 Å². The number of nitrogens with one attached hydrogen (secondary N) is 1. The highest BCUT2D eigenvalue weighted by atomic mass is 19.4. The Morgan fingerprint density at radius 2 is 1.81 bits per heavy atom. The van der Waals surface area contributed by atoms with Crippen molar-refractivity contribution in [1.82, 2.24) is 20.4 Å². The van der Waals surface area contributed by atoms with Crippen LogP contribution in [0.15, 0.2) is 28.7 Å². The number of rotatable bonds is 7. The second-order valence-corrected chi connectivity index (χ2v) is 7.18. The van der Waals surface area contributed by atoms with Crippen molar-refractivity contribution < 1.29 is 27.2 Å². The molecule has 2 aromatic rings. The normalized spacial score (nSPS) is 14.6. The standard InChI is InChI=1S/C20H24F3N5O3/c1-2-3-6-9-24-16(29)17-25-26-19(31-17)28-12-10-27(11-13-28)18(30)14-7-4-5-8-15(14)20(21,22)23/h4-5,7-8H,2-3,6,9-13H2,1H3,(H,24,29). The van der Waals surface area contributed by atoms with Gasteiger partial charge in [0.1, 0.15) is 0 Å². The van der Waals surface area contributed by atoms with Gasteiger partial charge in [0.05, 0.1) is 11.1 Å². The Balaban J connectivity index is 1.58. The smallest absolute Gasteiger partial charge is 0.399 e. The summed E-state index contributed by atoms with van der Waals surface area (Å²) >= 11 is 0. The lowest BCUT2D eigenvalue weighted by Gasteiger charge is -2.34. The Morgan fingerprint density at radius 1 is 1.10 bits per heavy atom. The molecule has 1 aromatic heterocycles. The lowest BCUT2D eigenvalue weighted by atomic mass is 10.1. The maximum atomic E-state index is 13.2. The Labute approximate surface area is 177 Å². The van der Waals surface area contributed by atoms with Crippen LogP contribution >= 0.6 is 0 Å². The predicted octanol–water partition coefficient (Wildman–Crippen LogP) is 2.97. The van der Waals surface area contributed by atoms with E-state index in [9.17, 15) is 22.8 Å². The number of anilines is 1. The van der Waals surface area contributed by atoms with Crippen molar-refractivity contribution in [2.24, 2.45) is 0 Å². The zero-order valence-electron chi connectivity index (χ0n) is 17.1. The summed E-state index contributed by atoms with van der Waals surface area (Å²) in [4.78, 5) is 27.8. The van der Waals surface area contributed by atoms with Crippen LogP contribution in [0.25, 0.3) is 0 Å². The summed E-state index contributed by atoms with van der Waals surface area (Å²) in [5, 5.41) is 10.3. The first-order chi connectivity index (χ1) is 14.8. The lowest BCUT2D eigenvalue weighted by Crippen LogP contribution is -2.49. The summed E-state index contributed by atoms with van der Waals surface area (Å²) in [5.41, 5.74) is -1.32. The largest absolute Gasteiger partial charge is 0.417 e. The van der Waals surface area contributed by atoms with Gasteiger partial charge in [0.25, 0.3) is 5.91 Å². The first kappa shape index (κ1) is 22.6. The summed E-state index contributed by atoms with van der Waals surface area (Å²) in [6.45, 7) is 3.54. The predicted molar refractivity (Wildman–Crippen MR) is 106 cm³/mol. The summed E-state index contributed by atoms with van der Waals surface area (Å²) in [6.07, 6.45) is -1.70. The van der Waals surface area contributed by atoms with Gasteiger partial charge in [-0.05, 0) is 18.6 Å². The molecule has 1 aliphatic heterocycles. The third-order valence-electron chi connectivity index (χ3n) is 4.97. The highest BCUT2D eigenvalue weighted by Crippen LogP contribution is 2.32. The SMILES string of the molecule is CCCCCNC(=O)c1nnc(N2CCN(C(=O)c3ccccc3C(F)(F)F)CC2)o1. The maximum Gasteiger partial charge on any atom is 0.417 e. The van der Waals surface area contributed by atoms with Gasteiger partial charge in [-0.1, -0.05) is 37.0 Å². The van der Waals surface area contributed by atoms with Crippen LogP contribution in [0, 0.1) is 0 Å². The quantitative estimate of drug-likeness (QED) is 0.667. The van der Waals surface area contributed by atoms with E-state index in [0.717, 1.165) is 25.3 Å². The summed E-state index contributed by atoms with van der Waals surface area (Å²) in [5.74, 6) is -1.28. The van der Waals surface area contributed by atoms with Crippen molar-refractivity contribution in [3.05, 3.63) is 41.3 Å². The maximum absolute atomic E-state index is 13.2. The van der Waals surface area contributed by atoms with Crippen LogP contribution in [0.2, 0.25) is 0 Å². The Kier molecular flexibility index (Phi) is 7.13. The fourth-order valence-corrected chi connectivity index (χ4v) is 3.28. The molecule has 0 saturated carbocycles. The van der Waals surface area contributed by atoms with Crippen molar-refractivity contribution in [3.8, 4) is 0 Å². The molecule has 8 nitrogen and oxygen atoms in total. The minimum absolute atomic E-state index is 0.140. The van der Waals surface area contributed by atoms with Gasteiger partial charge in [0, 0.05) is 32.7 Å². The fourth-order valence-electron chi connectivity index (χ4n) is 3.28. The highest BCUT2D eigenvalue weighted by molar-refractivity contribution is 5.96. The second-order valence-electron chi connectivity index (χ2n) is 7.18. The van der Waals surface area contributed by atoms with E-state index < -0.39 is 23.6 Å². The van der Waals surface area contributed by atoms with Gasteiger partial charge in [-0.3, -0.25) is 9.59 Å². The number of hydrogen-bond acceptors (Lipinski definition) is 6. The van der Waals surface area contributed by atoms with Gasteiger partial charge in [0.15, 0.2) is 0 Å². The van der Waals surface area contributed by atoms with Crippen LogP contribution in [0.5, 0.6) is 0 Å². The highest BCUT2D eigenvalue weighted by Gasteiger charge is 2.36. The topological polar surface area (TPSA) is 91.6 Å². The van der Waals surface area contributed by atoms with Crippen molar-refractivity contribution in [3.63, 3.8) is 0 Å². The van der Waals surface area contributed by atoms with Gasteiger partial charge >= 0.3 is 24.0 Å². The van der Waals surface area contributed by atoms with Gasteiger partial charge in [0.2, 0.25) is 0 Å². The molecule has 0 spiro atoms. The molecule has 1 aromatic carbocycles. The first-order valence-corrected chi connectivity index (χ1v) is 10.1. The van der Waals surface area contributed by atoms with E-state index in [1.807, 2.05) is 0 Å². The minimum atomic E-state index is -4.61. The number of halogens is 3. The van der Waals surface area contributed by atoms with Crippen LogP contribution in [-0.2, 0) is 6.18 Å². The van der Waals surface area contributed by atoms with E-state index in [4.69, 9.17) is 4.42 Å². The molecule has 31 heavy (non-hydrogen) atoms. The number of piperazine rings is 1. The summed E-state index contributed by atoms with van der Waals surface area (Å²) in [7, 11) is 0. The zero-order valence-corrected chi connectivity index (χ0v) is 17.1. The number of nitrogens with zero attached hydrogens (tertiary/aromatic N) is 4. The minimum Gasteiger partial charge on any atom is -0.399 e. The lowest BCUT2D eigenvalue weighted by molar-refractivity contribution is -0.138. The molecule has 1 N–H and O–H groups in total. The van der Waals surface area contributed by atoms with Crippen LogP contribution in [0.1, 0.15) is 52.8 Å². The molecule has 2 heterocycles. The molecule has 0 aliphatic carbocycles. The van der Waals surface area contributed by atoms with Crippen LogP contribution in [0.4, 0.5) is 19.2 Å². The summed E-state index contributed by atoms with van der Waals surface area (Å²) in [6, 6.07) is 4.88. The van der Waals surface area contributed by atoms with Gasteiger partial charge in [-0.15, -0.1) is 5.10 Å². The van der Waals surface area contributed by atoms with Crippen molar-refractivity contribution in [2.75, 3.05) is 37.6 Å². The zero-order chi connectivity index (χ0) is 22.4. The Morgan fingerprint density at radius 3 is 2.48 bits per heavy atom. The molecular formula is C20H24F3N5O3. The third-order valence-corrected chi connectivity index (χ3v) is 4.97. The first-order valence-electron chi connectivity index (χ1n) is 10.1. The van der Waals surface area contributed by atoms with Gasteiger partial charge in [-0.2, -0.15) is 13.2 Å². The van der Waals surface area contributed by atoms with E-state index in [0.29, 0.717) is 19.6 Å². The third kappa shape index (κ3) is 5.53. The second kappa shape index (κ2) is 9.80. The van der Waals surface area contributed by atoms with Crippen molar-refractivity contribution in [1.29, 1.82) is 0 Å². The van der Waals surface area contributed by atoms with Gasteiger partial charge in [-0.25, -0.2) is 0 Å². The Bertz CT molecular complexity index is 907. The van der Waals surface area contributed by atoms with E-state index in [-0.39, 0.29) is 30.6 Å². The fraction of sp³-hybridized carbons (Fsp3) is 0.500. The monoisotopic (exact) mass is 439 g/mol. The average molecular weight is 439 g/mol. The van der Waals surface area contributed by atoms with Crippen LogP contribution < -0.4 is 10.2 Å². The molecule has 0 bridgehead atoms. The molecule has 1 aliphatic rings. The number of hydrogen-bond donors (Lipinski definition) is 1. The number of benzene rings is 1. The van der Waals surface area contributed by atoms with Crippen molar-refractivity contribution >= 4 is 17.8 Å². The molecule has 2 amide bonds. The molecule has 0 radical (unpaired) electrons. The van der Waals surface area contributed by atoms with E-state index in [1.165, 1.54) is 23.1 Å². The number of amides is 2. The van der Waals surface area contributed by atoms with Crippen LogP contribution in [0.3, 0.4) is 0 Å². The molecule has 1 fully saturated rings. The number of carbonyl (C=O) groups is 2. The van der Waals surface area contributed by atoms with E-state index in [1.54, 1.807) is 4.90 Å². The number of unbranched alkanes of at least 4 members (excludes halogenated alkanes) is 2. The molecule has 168 valence electrons. The molecule has 1 saturated heterocycles. The summed E-state index contributed by atoms with van der Waals surface area (Å²) < 4.78 is 45.0. The number of alkyl halides is 3. The number of aromatic nitrogens is 2. The van der Waals surface area contributed by atoms with Crippen molar-refractivity contribution in [2.45, 2.75) is 32.4 Å². The molecular weight excluding hydrogens is 415 g/mol. The van der Waals surface area contributed by atoms with Crippen LogP contribution in [-0.4, -0.2) is 59.6 Å². The van der Waals surface area contributed by atoms with Gasteiger partial charge < -0.3 is 19.5 Å². The molecule has 3 rings (SSSR count). The Hall–Kier alpha value is -3.11. The average Bonchev–Trinajstić information content (AvgIpc) is 3.26. The molecule has 0 atom stereocenters. The van der Waals surface area contributed by atoms with E-state index in [2.05, 4.69) is 22.4 Å².